The summed E-state index contributed by atoms with van der Waals surface area (Å²) in [7, 11) is 1.68. The SMILES string of the molecule is COc1cc(NC2CCc3c(Br)cccc32)c(Br)cc1Br. The fraction of sp³-hybridized carbons (Fsp3) is 0.250. The van der Waals surface area contributed by atoms with Gasteiger partial charge in [-0.3, -0.25) is 0 Å². The molecule has 0 saturated heterocycles. The maximum absolute atomic E-state index is 5.38. The molecule has 0 amide bonds. The van der Waals surface area contributed by atoms with Gasteiger partial charge in [0, 0.05) is 15.0 Å². The van der Waals surface area contributed by atoms with Crippen molar-refractivity contribution in [1.82, 2.24) is 0 Å². The highest BCUT2D eigenvalue weighted by Crippen LogP contribution is 2.41. The predicted molar refractivity (Wildman–Crippen MR) is 97.2 cm³/mol. The molecule has 0 bridgehead atoms. The molecule has 2 aromatic carbocycles. The van der Waals surface area contributed by atoms with E-state index >= 15 is 0 Å². The van der Waals surface area contributed by atoms with Crippen molar-refractivity contribution >= 4 is 53.5 Å². The number of nitrogens with one attached hydrogen (secondary N) is 1. The van der Waals surface area contributed by atoms with Crippen LogP contribution in [0.15, 0.2) is 43.7 Å². The number of anilines is 1. The van der Waals surface area contributed by atoms with Crippen molar-refractivity contribution in [3.63, 3.8) is 0 Å². The van der Waals surface area contributed by atoms with E-state index in [0.29, 0.717) is 6.04 Å². The smallest absolute Gasteiger partial charge is 0.135 e. The quantitative estimate of drug-likeness (QED) is 0.580. The zero-order valence-corrected chi connectivity index (χ0v) is 16.2. The molecule has 5 heteroatoms. The number of benzene rings is 2. The van der Waals surface area contributed by atoms with Gasteiger partial charge in [0.2, 0.25) is 0 Å². The van der Waals surface area contributed by atoms with Crippen molar-refractivity contribution in [3.8, 4) is 5.75 Å². The average molecular weight is 476 g/mol. The highest BCUT2D eigenvalue weighted by Gasteiger charge is 2.24. The fourth-order valence-electron chi connectivity index (χ4n) is 2.74. The van der Waals surface area contributed by atoms with Crippen LogP contribution >= 0.6 is 47.8 Å². The van der Waals surface area contributed by atoms with Crippen molar-refractivity contribution in [2.75, 3.05) is 12.4 Å². The van der Waals surface area contributed by atoms with Crippen LogP contribution in [0.5, 0.6) is 5.75 Å². The molecular weight excluding hydrogens is 462 g/mol. The van der Waals surface area contributed by atoms with Gasteiger partial charge in [-0.1, -0.05) is 28.1 Å². The Morgan fingerprint density at radius 1 is 1.10 bits per heavy atom. The summed E-state index contributed by atoms with van der Waals surface area (Å²) in [5, 5.41) is 3.63. The first-order valence-corrected chi connectivity index (χ1v) is 9.05. The minimum absolute atomic E-state index is 0.333. The molecule has 1 N–H and O–H groups in total. The molecule has 1 atom stereocenters. The zero-order chi connectivity index (χ0) is 15.0. The molecule has 1 aliphatic rings. The van der Waals surface area contributed by atoms with E-state index in [4.69, 9.17) is 4.74 Å². The van der Waals surface area contributed by atoms with Gasteiger partial charge < -0.3 is 10.1 Å². The van der Waals surface area contributed by atoms with Gasteiger partial charge in [-0.15, -0.1) is 0 Å². The minimum atomic E-state index is 0.333. The molecule has 0 radical (unpaired) electrons. The maximum atomic E-state index is 5.38. The first-order valence-electron chi connectivity index (χ1n) is 6.67. The van der Waals surface area contributed by atoms with Crippen LogP contribution in [-0.2, 0) is 6.42 Å². The summed E-state index contributed by atoms with van der Waals surface area (Å²) in [6.07, 6.45) is 2.20. The Bertz CT molecular complexity index is 687. The van der Waals surface area contributed by atoms with Crippen LogP contribution in [0.2, 0.25) is 0 Å². The molecule has 110 valence electrons. The van der Waals surface area contributed by atoms with E-state index in [2.05, 4.69) is 71.3 Å². The summed E-state index contributed by atoms with van der Waals surface area (Å²) in [6, 6.07) is 10.8. The predicted octanol–water partition coefficient (Wildman–Crippen LogP) is 6.08. The van der Waals surface area contributed by atoms with Gasteiger partial charge in [0.15, 0.2) is 0 Å². The lowest BCUT2D eigenvalue weighted by Crippen LogP contribution is -2.07. The summed E-state index contributed by atoms with van der Waals surface area (Å²) < 4.78 is 8.55. The Labute approximate surface area is 149 Å². The maximum Gasteiger partial charge on any atom is 0.135 e. The molecule has 3 rings (SSSR count). The molecule has 0 fully saturated rings. The van der Waals surface area contributed by atoms with Crippen molar-refractivity contribution in [1.29, 1.82) is 0 Å². The van der Waals surface area contributed by atoms with Gasteiger partial charge >= 0.3 is 0 Å². The van der Waals surface area contributed by atoms with Crippen LogP contribution in [0.1, 0.15) is 23.6 Å². The summed E-state index contributed by atoms with van der Waals surface area (Å²) in [5.74, 6) is 0.827. The van der Waals surface area contributed by atoms with E-state index in [1.807, 2.05) is 12.1 Å². The summed E-state index contributed by atoms with van der Waals surface area (Å²) in [5.41, 5.74) is 3.83. The van der Waals surface area contributed by atoms with Crippen molar-refractivity contribution in [3.05, 3.63) is 54.9 Å². The molecule has 1 unspecified atom stereocenters. The topological polar surface area (TPSA) is 21.3 Å². The standard InChI is InChI=1S/C16H14Br3NO/c1-21-16-8-15(12(18)7-13(16)19)20-14-6-5-9-10(14)3-2-4-11(9)17/h2-4,7-8,14,20H,5-6H2,1H3. The number of fused-ring (bicyclic) bond motifs is 1. The van der Waals surface area contributed by atoms with Gasteiger partial charge in [-0.05, 0) is 68.0 Å². The molecule has 0 aromatic heterocycles. The van der Waals surface area contributed by atoms with Crippen molar-refractivity contribution < 1.29 is 4.74 Å². The molecule has 0 aliphatic heterocycles. The van der Waals surface area contributed by atoms with E-state index in [0.717, 1.165) is 33.2 Å². The molecule has 0 saturated carbocycles. The minimum Gasteiger partial charge on any atom is -0.495 e. The van der Waals surface area contributed by atoms with Gasteiger partial charge in [0.25, 0.3) is 0 Å². The van der Waals surface area contributed by atoms with Crippen molar-refractivity contribution in [2.24, 2.45) is 0 Å². The number of hydrogen-bond acceptors (Lipinski definition) is 2. The Hall–Kier alpha value is -0.520. The second-order valence-electron chi connectivity index (χ2n) is 5.01. The number of rotatable bonds is 3. The third-order valence-corrected chi connectivity index (χ3v) is 5.80. The van der Waals surface area contributed by atoms with Crippen LogP contribution in [-0.4, -0.2) is 7.11 Å². The fourth-order valence-corrected chi connectivity index (χ4v) is 4.59. The molecule has 0 heterocycles. The molecule has 2 nitrogen and oxygen atoms in total. The lowest BCUT2D eigenvalue weighted by Gasteiger charge is -2.18. The van der Waals surface area contributed by atoms with Crippen LogP contribution in [0.25, 0.3) is 0 Å². The van der Waals surface area contributed by atoms with Crippen molar-refractivity contribution in [2.45, 2.75) is 18.9 Å². The Morgan fingerprint density at radius 3 is 2.67 bits per heavy atom. The lowest BCUT2D eigenvalue weighted by molar-refractivity contribution is 0.412. The summed E-state index contributed by atoms with van der Waals surface area (Å²) in [6.45, 7) is 0. The highest BCUT2D eigenvalue weighted by molar-refractivity contribution is 9.11. The van der Waals surface area contributed by atoms with Crippen LogP contribution in [0.4, 0.5) is 5.69 Å². The number of halogens is 3. The normalized spacial score (nSPS) is 16.7. The Balaban J connectivity index is 1.91. The monoisotopic (exact) mass is 473 g/mol. The second kappa shape index (κ2) is 6.31. The molecule has 21 heavy (non-hydrogen) atoms. The largest absolute Gasteiger partial charge is 0.495 e. The third-order valence-electron chi connectivity index (χ3n) is 3.78. The summed E-state index contributed by atoms with van der Waals surface area (Å²) >= 11 is 10.8. The van der Waals surface area contributed by atoms with E-state index in [9.17, 15) is 0 Å². The van der Waals surface area contributed by atoms with Gasteiger partial charge in [0.1, 0.15) is 5.75 Å². The highest BCUT2D eigenvalue weighted by atomic mass is 79.9. The third kappa shape index (κ3) is 3.01. The molecule has 2 aromatic rings. The van der Waals surface area contributed by atoms with Gasteiger partial charge in [-0.25, -0.2) is 0 Å². The van der Waals surface area contributed by atoms with Crippen LogP contribution in [0.3, 0.4) is 0 Å². The lowest BCUT2D eigenvalue weighted by atomic mass is 10.1. The van der Waals surface area contributed by atoms with E-state index in [1.165, 1.54) is 15.6 Å². The van der Waals surface area contributed by atoms with E-state index in [-0.39, 0.29) is 0 Å². The summed E-state index contributed by atoms with van der Waals surface area (Å²) in [4.78, 5) is 0. The Kier molecular flexibility index (Phi) is 4.62. The molecular formula is C16H14Br3NO. The zero-order valence-electron chi connectivity index (χ0n) is 11.4. The first kappa shape index (κ1) is 15.4. The average Bonchev–Trinajstić information content (AvgIpc) is 2.86. The van der Waals surface area contributed by atoms with Gasteiger partial charge in [-0.2, -0.15) is 0 Å². The van der Waals surface area contributed by atoms with Crippen LogP contribution < -0.4 is 10.1 Å². The molecule has 0 spiro atoms. The number of ether oxygens (including phenoxy) is 1. The Morgan fingerprint density at radius 2 is 1.90 bits per heavy atom. The van der Waals surface area contributed by atoms with Crippen LogP contribution in [0, 0.1) is 0 Å². The number of methoxy groups -OCH3 is 1. The van der Waals surface area contributed by atoms with Gasteiger partial charge in [0.05, 0.1) is 23.3 Å². The molecule has 1 aliphatic carbocycles. The van der Waals surface area contributed by atoms with E-state index < -0.39 is 0 Å². The second-order valence-corrected chi connectivity index (χ2v) is 7.57. The number of hydrogen-bond donors (Lipinski definition) is 1. The van der Waals surface area contributed by atoms with E-state index in [1.54, 1.807) is 7.11 Å². The first-order chi connectivity index (χ1) is 10.1.